The topological polar surface area (TPSA) is 29.5 Å². The zero-order valence-electron chi connectivity index (χ0n) is 10.2. The lowest BCUT2D eigenvalue weighted by Gasteiger charge is -2.05. The van der Waals surface area contributed by atoms with E-state index in [9.17, 15) is 0 Å². The van der Waals surface area contributed by atoms with Crippen LogP contribution < -0.4 is 4.65 Å². The molecule has 0 aromatic heterocycles. The molecule has 2 aromatic rings. The molecule has 0 heterocycles. The molecule has 3 rings (SSSR count). The van der Waals surface area contributed by atoms with Gasteiger partial charge in [-0.2, -0.15) is 0 Å². The Morgan fingerprint density at radius 2 is 1.74 bits per heavy atom. The third-order valence-electron chi connectivity index (χ3n) is 3.06. The van der Waals surface area contributed by atoms with E-state index >= 15 is 0 Å². The first-order valence-electron chi connectivity index (χ1n) is 6.00. The molecule has 1 N–H and O–H groups in total. The molecule has 0 fully saturated rings. The van der Waals surface area contributed by atoms with Gasteiger partial charge in [0.05, 0.1) is 17.2 Å². The van der Waals surface area contributed by atoms with E-state index in [0.717, 1.165) is 11.1 Å². The van der Waals surface area contributed by atoms with Crippen LogP contribution in [0, 0.1) is 6.08 Å². The van der Waals surface area contributed by atoms with Crippen LogP contribution in [-0.2, 0) is 0 Å². The zero-order chi connectivity index (χ0) is 13.1. The summed E-state index contributed by atoms with van der Waals surface area (Å²) in [6, 6.07) is 13.9. The van der Waals surface area contributed by atoms with Gasteiger partial charge in [0.25, 0.3) is 0 Å². The molecule has 1 radical (unpaired) electrons. The second-order valence-corrected chi connectivity index (χ2v) is 4.24. The minimum atomic E-state index is 0.613. The maximum absolute atomic E-state index is 8.57. The highest BCUT2D eigenvalue weighted by atomic mass is 16.5. The van der Waals surface area contributed by atoms with E-state index < -0.39 is 0 Å². The highest BCUT2D eigenvalue weighted by Crippen LogP contribution is 2.27. The van der Waals surface area contributed by atoms with Crippen LogP contribution in [-0.4, -0.2) is 12.7 Å². The molecule has 0 bridgehead atoms. The minimum absolute atomic E-state index is 0.613. The Hall–Kier alpha value is -2.35. The van der Waals surface area contributed by atoms with Crippen LogP contribution in [0.2, 0.25) is 0 Å². The molecule has 1 aliphatic carbocycles. The summed E-state index contributed by atoms with van der Waals surface area (Å²) >= 11 is 0. The fourth-order valence-corrected chi connectivity index (χ4v) is 2.09. The maximum Gasteiger partial charge on any atom is 0.569 e. The lowest BCUT2D eigenvalue weighted by atomic mass is 9.97. The molecule has 0 amide bonds. The fraction of sp³-hybridized carbons (Fsp3) is 0. The molecule has 1 aliphatic rings. The average Bonchev–Trinajstić information content (AvgIpc) is 2.48. The van der Waals surface area contributed by atoms with Gasteiger partial charge in [-0.05, 0) is 35.4 Å². The molecular formula is C16H11BO2+. The van der Waals surface area contributed by atoms with Crippen molar-refractivity contribution in [3.8, 4) is 16.9 Å². The fourth-order valence-electron chi connectivity index (χ4n) is 2.09. The number of fused-ring (bicyclic) bond motifs is 1. The van der Waals surface area contributed by atoms with E-state index in [1.165, 1.54) is 11.1 Å². The molecule has 3 heteroatoms. The van der Waals surface area contributed by atoms with Crippen molar-refractivity contribution in [1.82, 2.24) is 0 Å². The Morgan fingerprint density at radius 3 is 2.53 bits per heavy atom. The van der Waals surface area contributed by atoms with Crippen molar-refractivity contribution in [2.45, 2.75) is 0 Å². The van der Waals surface area contributed by atoms with Crippen molar-refractivity contribution in [1.29, 1.82) is 0 Å². The molecule has 19 heavy (non-hydrogen) atoms. The summed E-state index contributed by atoms with van der Waals surface area (Å²) in [5.41, 5.74) is 4.64. The Morgan fingerprint density at radius 1 is 0.947 bits per heavy atom. The predicted molar refractivity (Wildman–Crippen MR) is 77.2 cm³/mol. The lowest BCUT2D eigenvalue weighted by Crippen LogP contribution is -1.99. The SMILES string of the molecule is O[B]Oc1ccc(-c2ccc3c(c2)C=C[C+]=C3)cc1. The van der Waals surface area contributed by atoms with E-state index in [1.54, 1.807) is 0 Å². The van der Waals surface area contributed by atoms with Gasteiger partial charge in [-0.3, -0.25) is 0 Å². The molecular weight excluding hydrogens is 235 g/mol. The van der Waals surface area contributed by atoms with Crippen LogP contribution in [0.4, 0.5) is 0 Å². The van der Waals surface area contributed by atoms with E-state index in [-0.39, 0.29) is 0 Å². The largest absolute Gasteiger partial charge is 0.569 e. The maximum atomic E-state index is 8.57. The molecule has 0 saturated heterocycles. The Balaban J connectivity index is 1.94. The summed E-state index contributed by atoms with van der Waals surface area (Å²) < 4.78 is 4.89. The standard InChI is InChI=1S/C16H11BO2/c18-17-19-16-9-7-13(8-10-16)15-6-5-12-3-1-2-4-14(12)11-15/h2-11,18H/q+1. The van der Waals surface area contributed by atoms with Gasteiger partial charge < -0.3 is 9.68 Å². The third-order valence-corrected chi connectivity index (χ3v) is 3.06. The van der Waals surface area contributed by atoms with Crippen LogP contribution in [0.1, 0.15) is 11.1 Å². The average molecular weight is 246 g/mol. The summed E-state index contributed by atoms with van der Waals surface area (Å²) in [6.45, 7) is 0. The second kappa shape index (κ2) is 5.11. The van der Waals surface area contributed by atoms with Gasteiger partial charge in [-0.25, -0.2) is 0 Å². The molecule has 2 aromatic carbocycles. The number of rotatable bonds is 3. The van der Waals surface area contributed by atoms with Gasteiger partial charge in [0.1, 0.15) is 17.9 Å². The number of hydrogen-bond acceptors (Lipinski definition) is 2. The molecule has 0 unspecified atom stereocenters. The summed E-state index contributed by atoms with van der Waals surface area (Å²) in [4.78, 5) is 0. The normalized spacial score (nSPS) is 11.6. The molecule has 2 nitrogen and oxygen atoms in total. The van der Waals surface area contributed by atoms with Crippen molar-refractivity contribution in [2.24, 2.45) is 0 Å². The van der Waals surface area contributed by atoms with Gasteiger partial charge in [0.2, 0.25) is 0 Å². The van der Waals surface area contributed by atoms with E-state index in [4.69, 9.17) is 9.68 Å². The van der Waals surface area contributed by atoms with Crippen molar-refractivity contribution < 1.29 is 9.68 Å². The highest BCUT2D eigenvalue weighted by molar-refractivity contribution is 6.17. The summed E-state index contributed by atoms with van der Waals surface area (Å²) in [5.74, 6) is 0.613. The minimum Gasteiger partial charge on any atom is -0.537 e. The van der Waals surface area contributed by atoms with Crippen molar-refractivity contribution in [2.75, 3.05) is 0 Å². The number of benzene rings is 2. The molecule has 0 atom stereocenters. The van der Waals surface area contributed by atoms with Gasteiger partial charge in [-0.15, -0.1) is 0 Å². The summed E-state index contributed by atoms with van der Waals surface area (Å²) in [7, 11) is 0.682. The Labute approximate surface area is 113 Å². The van der Waals surface area contributed by atoms with Crippen molar-refractivity contribution in [3.63, 3.8) is 0 Å². The molecule has 89 valence electrons. The van der Waals surface area contributed by atoms with Crippen LogP contribution in [0.5, 0.6) is 5.75 Å². The number of allylic oxidation sites excluding steroid dienone is 2. The quantitative estimate of drug-likeness (QED) is 0.666. The van der Waals surface area contributed by atoms with Crippen LogP contribution in [0.25, 0.3) is 23.3 Å². The monoisotopic (exact) mass is 246 g/mol. The number of hydrogen-bond donors (Lipinski definition) is 1. The first-order chi connectivity index (χ1) is 9.36. The Bertz CT molecular complexity index is 642. The van der Waals surface area contributed by atoms with Crippen LogP contribution >= 0.6 is 0 Å². The van der Waals surface area contributed by atoms with Crippen molar-refractivity contribution >= 4 is 19.8 Å². The van der Waals surface area contributed by atoms with Crippen LogP contribution in [0.3, 0.4) is 0 Å². The second-order valence-electron chi connectivity index (χ2n) is 4.24. The molecule has 0 saturated carbocycles. The zero-order valence-corrected chi connectivity index (χ0v) is 10.2. The highest BCUT2D eigenvalue weighted by Gasteiger charge is 2.10. The summed E-state index contributed by atoms with van der Waals surface area (Å²) in [6.07, 6.45) is 9.02. The smallest absolute Gasteiger partial charge is 0.537 e. The van der Waals surface area contributed by atoms with Gasteiger partial charge in [0.15, 0.2) is 0 Å². The predicted octanol–water partition coefficient (Wildman–Crippen LogP) is 3.10. The third kappa shape index (κ3) is 2.43. The van der Waals surface area contributed by atoms with Crippen molar-refractivity contribution in [3.05, 3.63) is 65.7 Å². The van der Waals surface area contributed by atoms with E-state index in [0.29, 0.717) is 13.4 Å². The van der Waals surface area contributed by atoms with Gasteiger partial charge in [0, 0.05) is 12.1 Å². The first-order valence-corrected chi connectivity index (χ1v) is 6.00. The van der Waals surface area contributed by atoms with Gasteiger partial charge >= 0.3 is 7.69 Å². The van der Waals surface area contributed by atoms with Crippen LogP contribution in [0.15, 0.2) is 48.5 Å². The van der Waals surface area contributed by atoms with E-state index in [1.807, 2.05) is 36.4 Å². The summed E-state index contributed by atoms with van der Waals surface area (Å²) in [5, 5.41) is 8.57. The lowest BCUT2D eigenvalue weighted by molar-refractivity contribution is 0.454. The Kier molecular flexibility index (Phi) is 3.15. The molecule has 0 aliphatic heterocycles. The van der Waals surface area contributed by atoms with Gasteiger partial charge in [-0.1, -0.05) is 12.1 Å². The first kappa shape index (κ1) is 11.7. The van der Waals surface area contributed by atoms with E-state index in [2.05, 4.69) is 30.4 Å². The molecule has 0 spiro atoms.